The van der Waals surface area contributed by atoms with E-state index in [2.05, 4.69) is 27.7 Å². The molecule has 0 fully saturated rings. The van der Waals surface area contributed by atoms with E-state index in [1.165, 1.54) is 82.0 Å². The van der Waals surface area contributed by atoms with E-state index < -0.39 is 0 Å². The Balaban J connectivity index is -0.00000128. The van der Waals surface area contributed by atoms with Crippen LogP contribution in [0.15, 0.2) is 0 Å². The average Bonchev–Trinajstić information content (AvgIpc) is 2.37. The molecule has 0 aliphatic heterocycles. The van der Waals surface area contributed by atoms with Gasteiger partial charge in [-0.2, -0.15) is 0 Å². The van der Waals surface area contributed by atoms with Gasteiger partial charge in [-0.1, -0.05) is 53.4 Å². The Kier molecular flexibility index (Phi) is 23.5. The summed E-state index contributed by atoms with van der Waals surface area (Å²) in [5.41, 5.74) is 0. The molecule has 0 unspecified atom stereocenters. The van der Waals surface area contributed by atoms with E-state index >= 15 is 0 Å². The molecular formula is C16H38INSn. The quantitative estimate of drug-likeness (QED) is 0.219. The molecule has 0 aromatic carbocycles. The van der Waals surface area contributed by atoms with Gasteiger partial charge in [0.05, 0.1) is 26.2 Å². The monoisotopic (exact) mass is 491 g/mol. The molecule has 0 aromatic rings. The summed E-state index contributed by atoms with van der Waals surface area (Å²) in [5.74, 6) is 0. The van der Waals surface area contributed by atoms with Crippen molar-refractivity contribution < 1.29 is 28.5 Å². The van der Waals surface area contributed by atoms with Crippen molar-refractivity contribution in [1.82, 2.24) is 0 Å². The molecule has 0 atom stereocenters. The Hall–Kier alpha value is 1.49. The van der Waals surface area contributed by atoms with Crippen molar-refractivity contribution in [2.45, 2.75) is 79.1 Å². The molecule has 0 heterocycles. The Morgan fingerprint density at radius 2 is 0.737 bits per heavy atom. The van der Waals surface area contributed by atoms with Crippen LogP contribution in [0.25, 0.3) is 0 Å². The van der Waals surface area contributed by atoms with Gasteiger partial charge in [-0.05, 0) is 25.7 Å². The van der Waals surface area contributed by atoms with Gasteiger partial charge in [0.25, 0.3) is 0 Å². The summed E-state index contributed by atoms with van der Waals surface area (Å²) in [6, 6.07) is 0. The Morgan fingerprint density at radius 1 is 0.526 bits per heavy atom. The third kappa shape index (κ3) is 12.9. The molecule has 0 saturated heterocycles. The third-order valence-electron chi connectivity index (χ3n) is 3.94. The van der Waals surface area contributed by atoms with Crippen LogP contribution in [0.3, 0.4) is 0 Å². The minimum atomic E-state index is 0. The van der Waals surface area contributed by atoms with Crippen molar-refractivity contribution in [3.8, 4) is 0 Å². The number of quaternary nitrogens is 1. The van der Waals surface area contributed by atoms with Crippen LogP contribution < -0.4 is 24.0 Å². The van der Waals surface area contributed by atoms with Gasteiger partial charge in [0.1, 0.15) is 0 Å². The molecular weight excluding hydrogens is 452 g/mol. The molecule has 0 aliphatic carbocycles. The number of rotatable bonds is 12. The van der Waals surface area contributed by atoms with Crippen LogP contribution in [0.1, 0.15) is 79.1 Å². The maximum absolute atomic E-state index is 2.33. The zero-order chi connectivity index (χ0) is 13.0. The van der Waals surface area contributed by atoms with Gasteiger partial charge in [-0.15, -0.1) is 0 Å². The first kappa shape index (κ1) is 25.4. The average molecular weight is 490 g/mol. The normalized spacial score (nSPS) is 10.7. The van der Waals surface area contributed by atoms with E-state index in [1.807, 2.05) is 0 Å². The Labute approximate surface area is 156 Å². The van der Waals surface area contributed by atoms with Gasteiger partial charge in [0, 0.05) is 0 Å². The molecule has 118 valence electrons. The number of nitrogens with zero attached hydrogens (tertiary/aromatic N) is 1. The predicted octanol–water partition coefficient (Wildman–Crippen LogP) is 1.09. The van der Waals surface area contributed by atoms with Gasteiger partial charge in [0.2, 0.25) is 0 Å². The molecule has 0 bridgehead atoms. The molecule has 1 nitrogen and oxygen atoms in total. The third-order valence-corrected chi connectivity index (χ3v) is 3.94. The predicted molar refractivity (Wildman–Crippen MR) is 87.9 cm³/mol. The molecule has 0 aliphatic rings. The van der Waals surface area contributed by atoms with Gasteiger partial charge >= 0.3 is 23.9 Å². The van der Waals surface area contributed by atoms with Crippen LogP contribution in [0, 0.1) is 0 Å². The number of halogens is 1. The van der Waals surface area contributed by atoms with Crippen LogP contribution in [0.2, 0.25) is 0 Å². The number of hydrogen-bond donors (Lipinski definition) is 0. The van der Waals surface area contributed by atoms with Crippen LogP contribution in [-0.2, 0) is 0 Å². The molecule has 0 N–H and O–H groups in total. The van der Waals surface area contributed by atoms with Crippen molar-refractivity contribution in [2.75, 3.05) is 26.2 Å². The Bertz CT molecular complexity index is 127. The topological polar surface area (TPSA) is 0 Å². The van der Waals surface area contributed by atoms with E-state index in [0.717, 1.165) is 0 Å². The summed E-state index contributed by atoms with van der Waals surface area (Å²) in [5, 5.41) is 0. The van der Waals surface area contributed by atoms with Crippen molar-refractivity contribution in [3.05, 3.63) is 0 Å². The number of unbranched alkanes of at least 4 members (excludes halogenated alkanes) is 4. The fourth-order valence-electron chi connectivity index (χ4n) is 2.64. The molecule has 0 amide bonds. The van der Waals surface area contributed by atoms with Crippen LogP contribution in [0.4, 0.5) is 0 Å². The first-order chi connectivity index (χ1) is 8.24. The molecule has 0 spiro atoms. The van der Waals surface area contributed by atoms with Crippen LogP contribution in [0.5, 0.6) is 0 Å². The van der Waals surface area contributed by atoms with Crippen molar-refractivity contribution in [3.63, 3.8) is 0 Å². The van der Waals surface area contributed by atoms with Crippen molar-refractivity contribution in [1.29, 1.82) is 0 Å². The second-order valence-corrected chi connectivity index (χ2v) is 5.65. The van der Waals surface area contributed by atoms with E-state index in [0.29, 0.717) is 0 Å². The van der Waals surface area contributed by atoms with Gasteiger partial charge < -0.3 is 28.5 Å². The van der Waals surface area contributed by atoms with Gasteiger partial charge in [-0.3, -0.25) is 0 Å². The van der Waals surface area contributed by atoms with E-state index in [9.17, 15) is 0 Å². The van der Waals surface area contributed by atoms with Crippen molar-refractivity contribution in [2.24, 2.45) is 0 Å². The summed E-state index contributed by atoms with van der Waals surface area (Å²) in [6.07, 6.45) is 11.1. The standard InChI is InChI=1S/C16H36N.HI.Sn.2H/c1-5-9-13-17(14-10-6-2,15-11-7-3)16-12-8-4;;;;/h5-16H2,1-4H3;1H;;;/q+1;;;;/p-1. The first-order valence-electron chi connectivity index (χ1n) is 8.09. The fraction of sp³-hybridized carbons (Fsp3) is 1.00. The van der Waals surface area contributed by atoms with Gasteiger partial charge in [-0.25, -0.2) is 0 Å². The molecule has 19 heavy (non-hydrogen) atoms. The zero-order valence-corrected chi connectivity index (χ0v) is 20.2. The molecule has 2 radical (unpaired) electrons. The SMILES string of the molecule is CCCC[N+](CCCC)(CCCC)CCCC.[I-].[SnH2]. The summed E-state index contributed by atoms with van der Waals surface area (Å²) in [7, 11) is 0. The molecule has 0 aromatic heterocycles. The van der Waals surface area contributed by atoms with E-state index in [-0.39, 0.29) is 47.9 Å². The van der Waals surface area contributed by atoms with Crippen LogP contribution >= 0.6 is 0 Å². The molecule has 3 heteroatoms. The van der Waals surface area contributed by atoms with E-state index in [4.69, 9.17) is 0 Å². The fourth-order valence-corrected chi connectivity index (χ4v) is 2.64. The minimum absolute atomic E-state index is 0. The summed E-state index contributed by atoms with van der Waals surface area (Å²) in [6.45, 7) is 15.0. The molecule has 0 rings (SSSR count). The zero-order valence-electron chi connectivity index (χ0n) is 14.0. The number of hydrogen-bond acceptors (Lipinski definition) is 0. The summed E-state index contributed by atoms with van der Waals surface area (Å²) >= 11 is 0. The Morgan fingerprint density at radius 3 is 0.895 bits per heavy atom. The second-order valence-electron chi connectivity index (χ2n) is 5.65. The second kappa shape index (κ2) is 17.5. The van der Waals surface area contributed by atoms with Gasteiger partial charge in [0.15, 0.2) is 0 Å². The van der Waals surface area contributed by atoms with Crippen LogP contribution in [-0.4, -0.2) is 54.6 Å². The van der Waals surface area contributed by atoms with Crippen molar-refractivity contribution >= 4 is 23.9 Å². The molecule has 0 saturated carbocycles. The maximum atomic E-state index is 2.33. The summed E-state index contributed by atoms with van der Waals surface area (Å²) < 4.78 is 1.42. The first-order valence-corrected chi connectivity index (χ1v) is 8.09. The summed E-state index contributed by atoms with van der Waals surface area (Å²) in [4.78, 5) is 0. The van der Waals surface area contributed by atoms with E-state index in [1.54, 1.807) is 0 Å².